The molecule has 14 heavy (non-hydrogen) atoms. The second-order valence-electron chi connectivity index (χ2n) is 4.45. The molecule has 2 atom stereocenters. The average molecular weight is 190 g/mol. The van der Waals surface area contributed by atoms with E-state index in [4.69, 9.17) is 0 Å². The van der Waals surface area contributed by atoms with Gasteiger partial charge in [0.1, 0.15) is 0 Å². The Labute approximate surface area is 85.8 Å². The van der Waals surface area contributed by atoms with Gasteiger partial charge in [0.05, 0.1) is 6.10 Å². The first-order chi connectivity index (χ1) is 6.68. The van der Waals surface area contributed by atoms with Crippen LogP contribution in [0.2, 0.25) is 0 Å². The lowest BCUT2D eigenvalue weighted by Gasteiger charge is -2.15. The highest BCUT2D eigenvalue weighted by Crippen LogP contribution is 2.35. The fourth-order valence-corrected chi connectivity index (χ4v) is 2.32. The van der Waals surface area contributed by atoms with Gasteiger partial charge in [0.15, 0.2) is 0 Å². The van der Waals surface area contributed by atoms with E-state index in [1.54, 1.807) is 0 Å². The van der Waals surface area contributed by atoms with Crippen LogP contribution in [0.1, 0.15) is 41.9 Å². The number of rotatable bonds is 1. The summed E-state index contributed by atoms with van der Waals surface area (Å²) in [5.41, 5.74) is 3.99. The van der Waals surface area contributed by atoms with Gasteiger partial charge in [-0.2, -0.15) is 0 Å². The molecule has 0 bridgehead atoms. The van der Waals surface area contributed by atoms with E-state index < -0.39 is 0 Å². The highest BCUT2D eigenvalue weighted by Gasteiger charge is 2.26. The molecule has 2 rings (SSSR count). The van der Waals surface area contributed by atoms with E-state index in [-0.39, 0.29) is 6.10 Å². The molecule has 0 aliphatic heterocycles. The summed E-state index contributed by atoms with van der Waals surface area (Å²) in [5.74, 6) is 0.384. The number of aryl methyl sites for hydroxylation is 2. The van der Waals surface area contributed by atoms with E-state index in [1.807, 2.05) is 0 Å². The van der Waals surface area contributed by atoms with Crippen molar-refractivity contribution < 1.29 is 5.11 Å². The summed E-state index contributed by atoms with van der Waals surface area (Å²) in [7, 11) is 0. The number of aliphatic hydroxyl groups excluding tert-OH is 1. The Hall–Kier alpha value is -0.820. The van der Waals surface area contributed by atoms with Crippen LogP contribution in [0.4, 0.5) is 0 Å². The maximum Gasteiger partial charge on any atom is 0.0608 e. The van der Waals surface area contributed by atoms with Crippen molar-refractivity contribution in [2.75, 3.05) is 0 Å². The number of hydrogen-bond acceptors (Lipinski definition) is 1. The van der Waals surface area contributed by atoms with Crippen molar-refractivity contribution >= 4 is 0 Å². The van der Waals surface area contributed by atoms with Crippen LogP contribution in [0.25, 0.3) is 0 Å². The maximum atomic E-state index is 9.80. The van der Waals surface area contributed by atoms with Gasteiger partial charge in [0.2, 0.25) is 0 Å². The van der Waals surface area contributed by atoms with Gasteiger partial charge < -0.3 is 5.11 Å². The molecular formula is C13H18O. The number of aliphatic hydroxyl groups is 1. The van der Waals surface area contributed by atoms with Gasteiger partial charge >= 0.3 is 0 Å². The lowest BCUT2D eigenvalue weighted by Crippen LogP contribution is -2.11. The van der Waals surface area contributed by atoms with E-state index in [9.17, 15) is 5.11 Å². The fourth-order valence-electron chi connectivity index (χ4n) is 2.32. The minimum absolute atomic E-state index is 0.114. The second kappa shape index (κ2) is 3.74. The minimum atomic E-state index is -0.114. The third-order valence-corrected chi connectivity index (χ3v) is 3.44. The minimum Gasteiger partial charge on any atom is -0.392 e. The summed E-state index contributed by atoms with van der Waals surface area (Å²) in [6, 6.07) is 6.56. The molecule has 1 heteroatoms. The Kier molecular flexibility index (Phi) is 2.60. The first kappa shape index (κ1) is 9.72. The second-order valence-corrected chi connectivity index (χ2v) is 4.45. The molecule has 0 radical (unpaired) electrons. The van der Waals surface area contributed by atoms with E-state index in [0.29, 0.717) is 5.92 Å². The first-order valence-electron chi connectivity index (χ1n) is 5.43. The Morgan fingerprint density at radius 2 is 1.93 bits per heavy atom. The SMILES string of the molecule is Cc1ccc([C@H]2CCC[C@@H]2O)cc1C. The Bertz CT molecular complexity index is 330. The molecule has 1 saturated carbocycles. The van der Waals surface area contributed by atoms with Crippen LogP contribution < -0.4 is 0 Å². The standard InChI is InChI=1S/C13H18O/c1-9-6-7-11(8-10(9)2)12-4-3-5-13(12)14/h6-8,12-14H,3-5H2,1-2H3/t12-,13+/m1/s1. The predicted octanol–water partition coefficient (Wildman–Crippen LogP) is 2.93. The van der Waals surface area contributed by atoms with Gasteiger partial charge in [-0.25, -0.2) is 0 Å². The Balaban J connectivity index is 2.28. The van der Waals surface area contributed by atoms with Crippen molar-refractivity contribution in [3.8, 4) is 0 Å². The van der Waals surface area contributed by atoms with Gasteiger partial charge in [0, 0.05) is 5.92 Å². The van der Waals surface area contributed by atoms with Gasteiger partial charge in [-0.05, 0) is 43.4 Å². The van der Waals surface area contributed by atoms with Gasteiger partial charge in [-0.3, -0.25) is 0 Å². The Morgan fingerprint density at radius 1 is 1.14 bits per heavy atom. The van der Waals surface area contributed by atoms with Crippen molar-refractivity contribution in [1.82, 2.24) is 0 Å². The zero-order valence-corrected chi connectivity index (χ0v) is 8.96. The summed E-state index contributed by atoms with van der Waals surface area (Å²) in [6.07, 6.45) is 3.16. The van der Waals surface area contributed by atoms with Crippen molar-refractivity contribution in [2.24, 2.45) is 0 Å². The Morgan fingerprint density at radius 3 is 2.50 bits per heavy atom. The molecule has 1 nitrogen and oxygen atoms in total. The maximum absolute atomic E-state index is 9.80. The van der Waals surface area contributed by atoms with Crippen LogP contribution in [-0.2, 0) is 0 Å². The third kappa shape index (κ3) is 1.69. The molecule has 1 aliphatic rings. The normalized spacial score (nSPS) is 26.8. The predicted molar refractivity (Wildman–Crippen MR) is 58.5 cm³/mol. The molecule has 0 heterocycles. The molecule has 1 aromatic carbocycles. The molecule has 0 spiro atoms. The van der Waals surface area contributed by atoms with E-state index in [2.05, 4.69) is 32.0 Å². The lowest BCUT2D eigenvalue weighted by molar-refractivity contribution is 0.164. The van der Waals surface area contributed by atoms with Crippen LogP contribution in [0.15, 0.2) is 18.2 Å². The molecule has 1 aliphatic carbocycles. The molecule has 1 N–H and O–H groups in total. The molecule has 1 aromatic rings. The molecule has 0 unspecified atom stereocenters. The molecule has 0 saturated heterocycles. The molecule has 76 valence electrons. The van der Waals surface area contributed by atoms with E-state index in [0.717, 1.165) is 12.8 Å². The molecule has 0 aromatic heterocycles. The summed E-state index contributed by atoms with van der Waals surface area (Å²) in [5, 5.41) is 9.80. The fraction of sp³-hybridized carbons (Fsp3) is 0.538. The largest absolute Gasteiger partial charge is 0.392 e. The smallest absolute Gasteiger partial charge is 0.0608 e. The molecule has 0 amide bonds. The lowest BCUT2D eigenvalue weighted by atomic mass is 9.93. The van der Waals surface area contributed by atoms with Crippen molar-refractivity contribution in [3.05, 3.63) is 34.9 Å². The summed E-state index contributed by atoms with van der Waals surface area (Å²) in [6.45, 7) is 4.27. The van der Waals surface area contributed by atoms with Crippen LogP contribution in [0.3, 0.4) is 0 Å². The summed E-state index contributed by atoms with van der Waals surface area (Å²) >= 11 is 0. The van der Waals surface area contributed by atoms with Crippen molar-refractivity contribution in [2.45, 2.75) is 45.1 Å². The topological polar surface area (TPSA) is 20.2 Å². The number of benzene rings is 1. The van der Waals surface area contributed by atoms with Crippen LogP contribution in [0, 0.1) is 13.8 Å². The first-order valence-corrected chi connectivity index (χ1v) is 5.43. The van der Waals surface area contributed by atoms with Gasteiger partial charge in [-0.1, -0.05) is 24.6 Å². The van der Waals surface area contributed by atoms with Crippen molar-refractivity contribution in [3.63, 3.8) is 0 Å². The molecule has 1 fully saturated rings. The van der Waals surface area contributed by atoms with Crippen LogP contribution in [-0.4, -0.2) is 11.2 Å². The van der Waals surface area contributed by atoms with Gasteiger partial charge in [0.25, 0.3) is 0 Å². The quantitative estimate of drug-likeness (QED) is 0.722. The zero-order valence-electron chi connectivity index (χ0n) is 8.96. The third-order valence-electron chi connectivity index (χ3n) is 3.44. The van der Waals surface area contributed by atoms with Gasteiger partial charge in [-0.15, -0.1) is 0 Å². The molecular weight excluding hydrogens is 172 g/mol. The summed E-state index contributed by atoms with van der Waals surface area (Å²) < 4.78 is 0. The average Bonchev–Trinajstić information content (AvgIpc) is 2.57. The highest BCUT2D eigenvalue weighted by molar-refractivity contribution is 5.32. The monoisotopic (exact) mass is 190 g/mol. The van der Waals surface area contributed by atoms with Crippen LogP contribution >= 0.6 is 0 Å². The van der Waals surface area contributed by atoms with Crippen LogP contribution in [0.5, 0.6) is 0 Å². The number of hydrogen-bond donors (Lipinski definition) is 1. The zero-order chi connectivity index (χ0) is 10.1. The summed E-state index contributed by atoms with van der Waals surface area (Å²) in [4.78, 5) is 0. The highest BCUT2D eigenvalue weighted by atomic mass is 16.3. The van der Waals surface area contributed by atoms with E-state index >= 15 is 0 Å². The van der Waals surface area contributed by atoms with Crippen molar-refractivity contribution in [1.29, 1.82) is 0 Å². The van der Waals surface area contributed by atoms with E-state index in [1.165, 1.54) is 23.1 Å².